The van der Waals surface area contributed by atoms with Gasteiger partial charge in [0.05, 0.1) is 18.7 Å². The van der Waals surface area contributed by atoms with Crippen LogP contribution in [-0.4, -0.2) is 9.78 Å². The smallest absolute Gasteiger partial charge is 0.108 e. The van der Waals surface area contributed by atoms with Crippen molar-refractivity contribution in [3.63, 3.8) is 0 Å². The van der Waals surface area contributed by atoms with Crippen molar-refractivity contribution >= 4 is 15.9 Å². The van der Waals surface area contributed by atoms with E-state index in [0.717, 1.165) is 16.7 Å². The van der Waals surface area contributed by atoms with Crippen LogP contribution in [0.5, 0.6) is 0 Å². The van der Waals surface area contributed by atoms with Crippen molar-refractivity contribution in [1.82, 2.24) is 9.78 Å². The highest BCUT2D eigenvalue weighted by atomic mass is 79.9. The Morgan fingerprint density at radius 1 is 1.82 bits per heavy atom. The van der Waals surface area contributed by atoms with Crippen LogP contribution < -0.4 is 0 Å². The molecule has 1 aromatic rings. The molecule has 0 unspecified atom stereocenters. The summed E-state index contributed by atoms with van der Waals surface area (Å²) >= 11 is 3.36. The molecule has 0 aliphatic rings. The van der Waals surface area contributed by atoms with E-state index < -0.39 is 0 Å². The van der Waals surface area contributed by atoms with Crippen LogP contribution in [0.3, 0.4) is 0 Å². The normalized spacial score (nSPS) is 9.55. The Labute approximate surface area is 73.8 Å². The summed E-state index contributed by atoms with van der Waals surface area (Å²) in [6.07, 6.45) is 2.14. The molecule has 0 aliphatic carbocycles. The minimum Gasteiger partial charge on any atom is -0.258 e. The molecule has 58 valence electrons. The molecule has 0 atom stereocenters. The Kier molecular flexibility index (Phi) is 2.66. The lowest BCUT2D eigenvalue weighted by molar-refractivity contribution is 0.644. The van der Waals surface area contributed by atoms with Crippen molar-refractivity contribution in [2.75, 3.05) is 0 Å². The molecule has 0 spiro atoms. The van der Waals surface area contributed by atoms with E-state index in [-0.39, 0.29) is 0 Å². The van der Waals surface area contributed by atoms with Crippen molar-refractivity contribution in [3.05, 3.63) is 16.4 Å². The first kappa shape index (κ1) is 8.28. The third kappa shape index (κ3) is 1.60. The lowest BCUT2D eigenvalue weighted by atomic mass is 10.3. The summed E-state index contributed by atoms with van der Waals surface area (Å²) in [7, 11) is 0. The molecule has 0 saturated carbocycles. The quantitative estimate of drug-likeness (QED) is 0.752. The minimum atomic E-state index is 0.417. The number of hydrogen-bond donors (Lipinski definition) is 0. The molecule has 1 heterocycles. The number of nitriles is 1. The molecule has 1 aromatic heterocycles. The van der Waals surface area contributed by atoms with E-state index in [0.29, 0.717) is 6.42 Å². The molecule has 4 heteroatoms. The SMILES string of the molecule is CCn1ncc(CC#N)c1Br. The summed E-state index contributed by atoms with van der Waals surface area (Å²) in [4.78, 5) is 0. The number of rotatable bonds is 2. The van der Waals surface area contributed by atoms with Gasteiger partial charge in [0.2, 0.25) is 0 Å². The number of aryl methyl sites for hydroxylation is 1. The van der Waals surface area contributed by atoms with Gasteiger partial charge in [-0.2, -0.15) is 10.4 Å². The summed E-state index contributed by atoms with van der Waals surface area (Å²) < 4.78 is 2.73. The minimum absolute atomic E-state index is 0.417. The zero-order valence-corrected chi connectivity index (χ0v) is 7.80. The van der Waals surface area contributed by atoms with Gasteiger partial charge in [-0.15, -0.1) is 0 Å². The lowest BCUT2D eigenvalue weighted by Crippen LogP contribution is -1.95. The Balaban J connectivity index is 2.93. The molecule has 0 radical (unpaired) electrons. The molecule has 0 saturated heterocycles. The van der Waals surface area contributed by atoms with Crippen molar-refractivity contribution in [1.29, 1.82) is 5.26 Å². The van der Waals surface area contributed by atoms with Crippen LogP contribution in [0.4, 0.5) is 0 Å². The Morgan fingerprint density at radius 2 is 2.55 bits per heavy atom. The third-order valence-electron chi connectivity index (χ3n) is 1.41. The zero-order chi connectivity index (χ0) is 8.27. The van der Waals surface area contributed by atoms with Gasteiger partial charge in [0.25, 0.3) is 0 Å². The molecule has 0 aliphatic heterocycles. The number of halogens is 1. The summed E-state index contributed by atoms with van der Waals surface area (Å²) in [5.41, 5.74) is 0.953. The van der Waals surface area contributed by atoms with Crippen LogP contribution >= 0.6 is 15.9 Å². The Hall–Kier alpha value is -0.820. The fraction of sp³-hybridized carbons (Fsp3) is 0.429. The van der Waals surface area contributed by atoms with Gasteiger partial charge in [-0.05, 0) is 22.9 Å². The van der Waals surface area contributed by atoms with Crippen LogP contribution in [-0.2, 0) is 13.0 Å². The van der Waals surface area contributed by atoms with Gasteiger partial charge in [0, 0.05) is 12.1 Å². The third-order valence-corrected chi connectivity index (χ3v) is 2.33. The molecule has 11 heavy (non-hydrogen) atoms. The average molecular weight is 214 g/mol. The second-order valence-corrected chi connectivity index (χ2v) is 2.86. The van der Waals surface area contributed by atoms with Crippen molar-refractivity contribution in [2.24, 2.45) is 0 Å². The van der Waals surface area contributed by atoms with Gasteiger partial charge in [-0.1, -0.05) is 0 Å². The van der Waals surface area contributed by atoms with E-state index >= 15 is 0 Å². The van der Waals surface area contributed by atoms with Gasteiger partial charge >= 0.3 is 0 Å². The predicted molar refractivity (Wildman–Crippen MR) is 44.9 cm³/mol. The highest BCUT2D eigenvalue weighted by molar-refractivity contribution is 9.10. The number of hydrogen-bond acceptors (Lipinski definition) is 2. The van der Waals surface area contributed by atoms with E-state index in [1.807, 2.05) is 11.6 Å². The van der Waals surface area contributed by atoms with Gasteiger partial charge < -0.3 is 0 Å². The second kappa shape index (κ2) is 3.54. The van der Waals surface area contributed by atoms with Crippen LogP contribution in [0.1, 0.15) is 12.5 Å². The monoisotopic (exact) mass is 213 g/mol. The molecule has 0 N–H and O–H groups in total. The van der Waals surface area contributed by atoms with Crippen molar-refractivity contribution in [2.45, 2.75) is 19.9 Å². The molecular weight excluding hydrogens is 206 g/mol. The molecular formula is C7H8BrN3. The zero-order valence-electron chi connectivity index (χ0n) is 6.21. The van der Waals surface area contributed by atoms with E-state index in [4.69, 9.17) is 5.26 Å². The highest BCUT2D eigenvalue weighted by Gasteiger charge is 2.04. The molecule has 3 nitrogen and oxygen atoms in total. The first-order valence-corrected chi connectivity index (χ1v) is 4.16. The average Bonchev–Trinajstić information content (AvgIpc) is 2.34. The topological polar surface area (TPSA) is 41.6 Å². The summed E-state index contributed by atoms with van der Waals surface area (Å²) in [6.45, 7) is 2.83. The number of nitrogens with zero attached hydrogens (tertiary/aromatic N) is 3. The molecule has 0 amide bonds. The number of aromatic nitrogens is 2. The fourth-order valence-corrected chi connectivity index (χ4v) is 1.42. The maximum Gasteiger partial charge on any atom is 0.108 e. The summed E-state index contributed by atoms with van der Waals surface area (Å²) in [5.74, 6) is 0. The highest BCUT2D eigenvalue weighted by Crippen LogP contribution is 2.15. The maximum atomic E-state index is 8.42. The predicted octanol–water partition coefficient (Wildman–Crippen LogP) is 1.73. The van der Waals surface area contributed by atoms with Crippen LogP contribution in [0, 0.1) is 11.3 Å². The van der Waals surface area contributed by atoms with E-state index in [1.54, 1.807) is 6.20 Å². The van der Waals surface area contributed by atoms with Gasteiger partial charge in [0.1, 0.15) is 4.60 Å². The van der Waals surface area contributed by atoms with Gasteiger partial charge in [-0.3, -0.25) is 4.68 Å². The van der Waals surface area contributed by atoms with Crippen LogP contribution in [0.2, 0.25) is 0 Å². The van der Waals surface area contributed by atoms with Gasteiger partial charge in [0.15, 0.2) is 0 Å². The largest absolute Gasteiger partial charge is 0.258 e. The Bertz CT molecular complexity index is 284. The fourth-order valence-electron chi connectivity index (χ4n) is 0.833. The molecule has 0 aromatic carbocycles. The van der Waals surface area contributed by atoms with Crippen LogP contribution in [0.25, 0.3) is 0 Å². The van der Waals surface area contributed by atoms with E-state index in [2.05, 4.69) is 27.1 Å². The van der Waals surface area contributed by atoms with E-state index in [9.17, 15) is 0 Å². The summed E-state index contributed by atoms with van der Waals surface area (Å²) in [6, 6.07) is 2.08. The summed E-state index contributed by atoms with van der Waals surface area (Å²) in [5, 5.41) is 12.5. The standard InChI is InChI=1S/C7H8BrN3/c1-2-11-7(8)6(3-4-9)5-10-11/h5H,2-3H2,1H3. The van der Waals surface area contributed by atoms with Crippen LogP contribution in [0.15, 0.2) is 10.8 Å². The lowest BCUT2D eigenvalue weighted by Gasteiger charge is -1.96. The first-order valence-electron chi connectivity index (χ1n) is 3.36. The first-order chi connectivity index (χ1) is 5.29. The van der Waals surface area contributed by atoms with Gasteiger partial charge in [-0.25, -0.2) is 0 Å². The van der Waals surface area contributed by atoms with E-state index in [1.165, 1.54) is 0 Å². The second-order valence-electron chi connectivity index (χ2n) is 2.11. The van der Waals surface area contributed by atoms with Crippen molar-refractivity contribution < 1.29 is 0 Å². The maximum absolute atomic E-state index is 8.42. The van der Waals surface area contributed by atoms with Crippen molar-refractivity contribution in [3.8, 4) is 6.07 Å². The molecule has 0 bridgehead atoms. The molecule has 0 fully saturated rings. The Morgan fingerprint density at radius 3 is 3.00 bits per heavy atom. The molecule has 1 rings (SSSR count).